The summed E-state index contributed by atoms with van der Waals surface area (Å²) in [7, 11) is 0. The fourth-order valence-corrected chi connectivity index (χ4v) is 1.60. The van der Waals surface area contributed by atoms with E-state index in [1.54, 1.807) is 17.0 Å². The molecule has 0 radical (unpaired) electrons. The van der Waals surface area contributed by atoms with Gasteiger partial charge < -0.3 is 0 Å². The van der Waals surface area contributed by atoms with Gasteiger partial charge in [-0.25, -0.2) is 0 Å². The summed E-state index contributed by atoms with van der Waals surface area (Å²) in [6, 6.07) is 0. The van der Waals surface area contributed by atoms with Crippen LogP contribution >= 0.6 is 0 Å². The molecule has 0 aliphatic heterocycles. The Hall–Kier alpha value is -1.65. The van der Waals surface area contributed by atoms with Crippen molar-refractivity contribution in [1.29, 1.82) is 0 Å². The summed E-state index contributed by atoms with van der Waals surface area (Å²) in [5.74, 6) is 0.275. The number of rotatable bonds is 6. The van der Waals surface area contributed by atoms with E-state index in [1.165, 1.54) is 0 Å². The second kappa shape index (κ2) is 6.18. The van der Waals surface area contributed by atoms with Gasteiger partial charge in [-0.3, -0.25) is 14.8 Å². The van der Waals surface area contributed by atoms with E-state index in [9.17, 15) is 10.1 Å². The molecule has 0 unspecified atom stereocenters. The largest absolute Gasteiger partial charge is 0.272 e. The fourth-order valence-electron chi connectivity index (χ4n) is 1.60. The number of nitrogens with zero attached hydrogens (tertiary/aromatic N) is 3. The molecule has 94 valence electrons. The van der Waals surface area contributed by atoms with Crippen LogP contribution in [-0.2, 0) is 6.54 Å². The molecule has 0 saturated heterocycles. The molecule has 5 nitrogen and oxygen atoms in total. The monoisotopic (exact) mass is 237 g/mol. The van der Waals surface area contributed by atoms with Crippen LogP contribution in [-0.4, -0.2) is 14.7 Å². The number of hydrogen-bond donors (Lipinski definition) is 0. The third-order valence-corrected chi connectivity index (χ3v) is 2.29. The molecule has 0 spiro atoms. The van der Waals surface area contributed by atoms with Gasteiger partial charge in [0.1, 0.15) is 0 Å². The number of hydrogen-bond acceptors (Lipinski definition) is 3. The highest BCUT2D eigenvalue weighted by Gasteiger charge is 2.13. The predicted octanol–water partition coefficient (Wildman–Crippen LogP) is 2.96. The van der Waals surface area contributed by atoms with Crippen molar-refractivity contribution in [3.63, 3.8) is 0 Å². The van der Waals surface area contributed by atoms with E-state index >= 15 is 0 Å². The van der Waals surface area contributed by atoms with Gasteiger partial charge >= 0.3 is 0 Å². The molecule has 0 saturated carbocycles. The van der Waals surface area contributed by atoms with E-state index in [4.69, 9.17) is 0 Å². The molecule has 0 aliphatic carbocycles. The van der Waals surface area contributed by atoms with Gasteiger partial charge in [0.25, 0.3) is 0 Å². The van der Waals surface area contributed by atoms with Gasteiger partial charge in [0.15, 0.2) is 0 Å². The number of aromatic nitrogens is 2. The number of aryl methyl sites for hydroxylation is 1. The molecule has 0 aromatic carbocycles. The molecule has 0 atom stereocenters. The molecular weight excluding hydrogens is 218 g/mol. The van der Waals surface area contributed by atoms with Crippen LogP contribution in [0.3, 0.4) is 0 Å². The van der Waals surface area contributed by atoms with E-state index in [-0.39, 0.29) is 16.5 Å². The predicted molar refractivity (Wildman–Crippen MR) is 66.9 cm³/mol. The molecule has 1 heterocycles. The van der Waals surface area contributed by atoms with Gasteiger partial charge in [0.05, 0.1) is 11.1 Å². The van der Waals surface area contributed by atoms with Gasteiger partial charge in [-0.1, -0.05) is 20.8 Å². The molecule has 1 rings (SSSR count). The Balaban J connectivity index is 2.84. The Labute approximate surface area is 101 Å². The highest BCUT2D eigenvalue weighted by molar-refractivity contribution is 5.48. The minimum absolute atomic E-state index is 0.246. The highest BCUT2D eigenvalue weighted by Crippen LogP contribution is 2.15. The summed E-state index contributed by atoms with van der Waals surface area (Å²) < 4.78 is 1.80. The first kappa shape index (κ1) is 13.4. The number of nitro groups is 1. The molecule has 1 aromatic heterocycles. The van der Waals surface area contributed by atoms with Crippen LogP contribution in [0.1, 0.15) is 39.2 Å². The van der Waals surface area contributed by atoms with Crippen molar-refractivity contribution in [2.24, 2.45) is 5.92 Å². The van der Waals surface area contributed by atoms with E-state index in [1.807, 2.05) is 20.0 Å². The molecule has 0 bridgehead atoms. The second-order valence-electron chi connectivity index (χ2n) is 4.53. The minimum Gasteiger partial charge on any atom is -0.272 e. The lowest BCUT2D eigenvalue weighted by Crippen LogP contribution is -2.02. The Morgan fingerprint density at radius 2 is 2.35 bits per heavy atom. The van der Waals surface area contributed by atoms with Crippen LogP contribution in [0.5, 0.6) is 0 Å². The van der Waals surface area contributed by atoms with Crippen molar-refractivity contribution in [2.75, 3.05) is 0 Å². The maximum Gasteiger partial charge on any atom is 0.247 e. The van der Waals surface area contributed by atoms with Crippen molar-refractivity contribution < 1.29 is 4.92 Å². The normalized spacial score (nSPS) is 12.1. The lowest BCUT2D eigenvalue weighted by Gasteiger charge is -2.01. The topological polar surface area (TPSA) is 61.0 Å². The molecule has 0 fully saturated rings. The molecule has 0 amide bonds. The summed E-state index contributed by atoms with van der Waals surface area (Å²) in [5, 5.41) is 15.0. The first-order valence-electron chi connectivity index (χ1n) is 5.90. The Bertz CT molecular complexity index is 408. The van der Waals surface area contributed by atoms with E-state index in [0.29, 0.717) is 6.42 Å². The molecule has 0 N–H and O–H groups in total. The lowest BCUT2D eigenvalue weighted by atomic mass is 10.1. The minimum atomic E-state index is -0.308. The SMILES string of the molecule is CCCn1cc(/C=C(/CC(C)C)[N+](=O)[O-])cn1. The highest BCUT2D eigenvalue weighted by atomic mass is 16.6. The average Bonchev–Trinajstić information content (AvgIpc) is 2.64. The van der Waals surface area contributed by atoms with Gasteiger partial charge in [-0.15, -0.1) is 0 Å². The van der Waals surface area contributed by atoms with Crippen LogP contribution in [0, 0.1) is 16.0 Å². The molecule has 1 aromatic rings. The summed E-state index contributed by atoms with van der Waals surface area (Å²) in [6.45, 7) is 6.85. The Morgan fingerprint density at radius 3 is 2.88 bits per heavy atom. The summed E-state index contributed by atoms with van der Waals surface area (Å²) in [6.07, 6.45) is 6.59. The molecule has 17 heavy (non-hydrogen) atoms. The third-order valence-electron chi connectivity index (χ3n) is 2.29. The van der Waals surface area contributed by atoms with Gasteiger partial charge in [0.2, 0.25) is 5.70 Å². The van der Waals surface area contributed by atoms with Crippen LogP contribution < -0.4 is 0 Å². The van der Waals surface area contributed by atoms with Crippen molar-refractivity contribution in [3.05, 3.63) is 33.8 Å². The zero-order chi connectivity index (χ0) is 12.8. The first-order chi connectivity index (χ1) is 8.02. The fraction of sp³-hybridized carbons (Fsp3) is 0.583. The van der Waals surface area contributed by atoms with Crippen LogP contribution in [0.15, 0.2) is 18.1 Å². The van der Waals surface area contributed by atoms with Crippen molar-refractivity contribution in [2.45, 2.75) is 40.2 Å². The van der Waals surface area contributed by atoms with Gasteiger partial charge in [0, 0.05) is 30.8 Å². The van der Waals surface area contributed by atoms with Crippen LogP contribution in [0.4, 0.5) is 0 Å². The van der Waals surface area contributed by atoms with Crippen molar-refractivity contribution >= 4 is 6.08 Å². The maximum absolute atomic E-state index is 10.9. The Morgan fingerprint density at radius 1 is 1.65 bits per heavy atom. The Kier molecular flexibility index (Phi) is 4.87. The van der Waals surface area contributed by atoms with Gasteiger partial charge in [-0.2, -0.15) is 5.10 Å². The molecule has 5 heteroatoms. The van der Waals surface area contributed by atoms with Crippen molar-refractivity contribution in [1.82, 2.24) is 9.78 Å². The zero-order valence-electron chi connectivity index (χ0n) is 10.6. The average molecular weight is 237 g/mol. The molecule has 0 aliphatic rings. The maximum atomic E-state index is 10.9. The summed E-state index contributed by atoms with van der Waals surface area (Å²) >= 11 is 0. The molecular formula is C12H19N3O2. The first-order valence-corrected chi connectivity index (χ1v) is 5.90. The van der Waals surface area contributed by atoms with E-state index < -0.39 is 0 Å². The summed E-state index contributed by atoms with van der Waals surface area (Å²) in [5.41, 5.74) is 1.04. The standard InChI is InChI=1S/C12H19N3O2/c1-4-5-14-9-11(8-13-14)7-12(15(16)17)6-10(2)3/h7-10H,4-6H2,1-3H3/b12-7-. The smallest absolute Gasteiger partial charge is 0.247 e. The van der Waals surface area contributed by atoms with Crippen LogP contribution in [0.2, 0.25) is 0 Å². The summed E-state index contributed by atoms with van der Waals surface area (Å²) in [4.78, 5) is 10.6. The quantitative estimate of drug-likeness (QED) is 0.564. The van der Waals surface area contributed by atoms with Gasteiger partial charge in [-0.05, 0) is 12.3 Å². The third kappa shape index (κ3) is 4.38. The van der Waals surface area contributed by atoms with Crippen LogP contribution in [0.25, 0.3) is 6.08 Å². The van der Waals surface area contributed by atoms with Crippen molar-refractivity contribution in [3.8, 4) is 0 Å². The zero-order valence-corrected chi connectivity index (χ0v) is 10.6. The van der Waals surface area contributed by atoms with E-state index in [0.717, 1.165) is 18.5 Å². The number of allylic oxidation sites excluding steroid dienone is 1. The lowest BCUT2D eigenvalue weighted by molar-refractivity contribution is -0.427. The second-order valence-corrected chi connectivity index (χ2v) is 4.53. The van der Waals surface area contributed by atoms with E-state index in [2.05, 4.69) is 12.0 Å².